The van der Waals surface area contributed by atoms with E-state index in [2.05, 4.69) is 40.6 Å². The predicted molar refractivity (Wildman–Crippen MR) is 87.3 cm³/mol. The van der Waals surface area contributed by atoms with Crippen molar-refractivity contribution in [3.8, 4) is 0 Å². The molecule has 4 rings (SSSR count). The highest BCUT2D eigenvalue weighted by Gasteiger charge is 2.29. The van der Waals surface area contributed by atoms with Crippen LogP contribution in [0.5, 0.6) is 0 Å². The first-order valence-electron chi connectivity index (χ1n) is 8.46. The van der Waals surface area contributed by atoms with E-state index in [1.807, 2.05) is 6.20 Å². The van der Waals surface area contributed by atoms with Crippen molar-refractivity contribution in [1.82, 2.24) is 10.3 Å². The largest absolute Gasteiger partial charge is 0.314 e. The van der Waals surface area contributed by atoms with Crippen molar-refractivity contribution < 1.29 is 0 Å². The van der Waals surface area contributed by atoms with Crippen LogP contribution in [-0.4, -0.2) is 17.6 Å². The van der Waals surface area contributed by atoms with Crippen molar-refractivity contribution in [2.24, 2.45) is 11.8 Å². The van der Waals surface area contributed by atoms with Gasteiger partial charge in [0.2, 0.25) is 0 Å². The van der Waals surface area contributed by atoms with Gasteiger partial charge in [0, 0.05) is 17.6 Å². The quantitative estimate of drug-likeness (QED) is 0.897. The molecule has 2 aliphatic rings. The summed E-state index contributed by atoms with van der Waals surface area (Å²) in [5.74, 6) is 1.72. The minimum absolute atomic E-state index is 0.841. The number of fused-ring (bicyclic) bond motifs is 1. The molecule has 2 unspecified atom stereocenters. The van der Waals surface area contributed by atoms with Gasteiger partial charge in [-0.1, -0.05) is 24.6 Å². The van der Waals surface area contributed by atoms with Gasteiger partial charge in [0.05, 0.1) is 5.52 Å². The average Bonchev–Trinajstić information content (AvgIpc) is 3.25. The third kappa shape index (κ3) is 2.96. The summed E-state index contributed by atoms with van der Waals surface area (Å²) < 4.78 is 0. The van der Waals surface area contributed by atoms with Crippen LogP contribution in [0.25, 0.3) is 10.9 Å². The fourth-order valence-electron chi connectivity index (χ4n) is 3.87. The molecule has 1 aromatic carbocycles. The molecule has 0 amide bonds. The van der Waals surface area contributed by atoms with E-state index in [0.717, 1.165) is 23.4 Å². The minimum atomic E-state index is 0.841. The molecule has 21 heavy (non-hydrogen) atoms. The van der Waals surface area contributed by atoms with Crippen molar-refractivity contribution in [1.29, 1.82) is 0 Å². The number of hydrogen-bond donors (Lipinski definition) is 1. The molecule has 2 heteroatoms. The summed E-state index contributed by atoms with van der Waals surface area (Å²) in [5, 5.41) is 5.09. The third-order valence-corrected chi connectivity index (χ3v) is 5.28. The Morgan fingerprint density at radius 1 is 1.00 bits per heavy atom. The van der Waals surface area contributed by atoms with E-state index >= 15 is 0 Å². The Bertz CT molecular complexity index is 612. The van der Waals surface area contributed by atoms with Crippen LogP contribution in [-0.2, 0) is 6.42 Å². The molecule has 1 heterocycles. The number of nitrogens with zero attached hydrogens (tertiary/aromatic N) is 1. The lowest BCUT2D eigenvalue weighted by atomic mass is 9.88. The van der Waals surface area contributed by atoms with Crippen molar-refractivity contribution in [3.63, 3.8) is 0 Å². The standard InChI is InChI=1S/C19H24N2/c1-2-7-19-18(6-1)15(10-11-20-19)12-14-4-3-5-16(14)13-21-17-8-9-17/h1-2,6-7,10-11,14,16-17,21H,3-5,8-9,12-13H2. The highest BCUT2D eigenvalue weighted by Crippen LogP contribution is 2.35. The summed E-state index contributed by atoms with van der Waals surface area (Å²) in [5.41, 5.74) is 2.63. The molecule has 0 spiro atoms. The number of hydrogen-bond acceptors (Lipinski definition) is 2. The lowest BCUT2D eigenvalue weighted by molar-refractivity contribution is 0.364. The molecular weight excluding hydrogens is 256 g/mol. The average molecular weight is 280 g/mol. The van der Waals surface area contributed by atoms with Crippen LogP contribution in [0.3, 0.4) is 0 Å². The highest BCUT2D eigenvalue weighted by molar-refractivity contribution is 5.81. The van der Waals surface area contributed by atoms with Gasteiger partial charge in [-0.2, -0.15) is 0 Å². The predicted octanol–water partition coefficient (Wildman–Crippen LogP) is 3.95. The van der Waals surface area contributed by atoms with Gasteiger partial charge in [-0.05, 0) is 68.2 Å². The first-order chi connectivity index (χ1) is 10.4. The van der Waals surface area contributed by atoms with E-state index < -0.39 is 0 Å². The van der Waals surface area contributed by atoms with E-state index in [4.69, 9.17) is 0 Å². The number of aromatic nitrogens is 1. The first kappa shape index (κ1) is 13.3. The van der Waals surface area contributed by atoms with E-state index in [0.29, 0.717) is 0 Å². The second-order valence-corrected chi connectivity index (χ2v) is 6.82. The molecule has 2 aliphatic carbocycles. The Balaban J connectivity index is 1.50. The SMILES string of the molecule is c1ccc2c(CC3CCCC3CNC3CC3)ccnc2c1. The van der Waals surface area contributed by atoms with Crippen LogP contribution in [0, 0.1) is 11.8 Å². The van der Waals surface area contributed by atoms with E-state index in [1.54, 1.807) is 0 Å². The molecule has 2 aromatic rings. The number of benzene rings is 1. The van der Waals surface area contributed by atoms with Crippen molar-refractivity contribution in [2.45, 2.75) is 44.6 Å². The van der Waals surface area contributed by atoms with Gasteiger partial charge in [0.25, 0.3) is 0 Å². The normalized spacial score (nSPS) is 25.5. The van der Waals surface area contributed by atoms with Crippen molar-refractivity contribution >= 4 is 10.9 Å². The van der Waals surface area contributed by atoms with Gasteiger partial charge >= 0.3 is 0 Å². The summed E-state index contributed by atoms with van der Waals surface area (Å²) in [7, 11) is 0. The number of pyridine rings is 1. The molecule has 0 bridgehead atoms. The van der Waals surface area contributed by atoms with Crippen LogP contribution < -0.4 is 5.32 Å². The lowest BCUT2D eigenvalue weighted by Gasteiger charge is -2.21. The monoisotopic (exact) mass is 280 g/mol. The van der Waals surface area contributed by atoms with Crippen LogP contribution in [0.2, 0.25) is 0 Å². The molecular formula is C19H24N2. The molecule has 2 atom stereocenters. The molecule has 2 nitrogen and oxygen atoms in total. The Morgan fingerprint density at radius 2 is 1.86 bits per heavy atom. The highest BCUT2D eigenvalue weighted by atomic mass is 14.9. The number of nitrogens with one attached hydrogen (secondary N) is 1. The van der Waals surface area contributed by atoms with Gasteiger partial charge in [0.1, 0.15) is 0 Å². The van der Waals surface area contributed by atoms with Gasteiger partial charge in [0.15, 0.2) is 0 Å². The fourth-order valence-corrected chi connectivity index (χ4v) is 3.87. The molecule has 1 aromatic heterocycles. The van der Waals surface area contributed by atoms with Crippen molar-refractivity contribution in [2.75, 3.05) is 6.54 Å². The Hall–Kier alpha value is -1.41. The summed E-state index contributed by atoms with van der Waals surface area (Å²) in [6.07, 6.45) is 10.2. The maximum absolute atomic E-state index is 4.49. The van der Waals surface area contributed by atoms with Crippen LogP contribution >= 0.6 is 0 Å². The molecule has 1 N–H and O–H groups in total. The summed E-state index contributed by atoms with van der Waals surface area (Å²) in [6, 6.07) is 11.6. The first-order valence-corrected chi connectivity index (χ1v) is 8.46. The van der Waals surface area contributed by atoms with Crippen LogP contribution in [0.15, 0.2) is 36.5 Å². The molecule has 0 saturated heterocycles. The van der Waals surface area contributed by atoms with E-state index in [-0.39, 0.29) is 0 Å². The summed E-state index contributed by atoms with van der Waals surface area (Å²) >= 11 is 0. The third-order valence-electron chi connectivity index (χ3n) is 5.28. The second kappa shape index (κ2) is 5.76. The summed E-state index contributed by atoms with van der Waals surface area (Å²) in [4.78, 5) is 4.49. The zero-order valence-corrected chi connectivity index (χ0v) is 12.6. The zero-order chi connectivity index (χ0) is 14.1. The van der Waals surface area contributed by atoms with Gasteiger partial charge < -0.3 is 5.32 Å². The van der Waals surface area contributed by atoms with Gasteiger partial charge in [-0.25, -0.2) is 0 Å². The molecule has 0 aliphatic heterocycles. The molecule has 110 valence electrons. The fraction of sp³-hybridized carbons (Fsp3) is 0.526. The lowest BCUT2D eigenvalue weighted by Crippen LogP contribution is -2.27. The Labute approximate surface area is 127 Å². The van der Waals surface area contributed by atoms with Crippen molar-refractivity contribution in [3.05, 3.63) is 42.1 Å². The Kier molecular flexibility index (Phi) is 3.64. The topological polar surface area (TPSA) is 24.9 Å². The zero-order valence-electron chi connectivity index (χ0n) is 12.6. The molecule has 2 saturated carbocycles. The Morgan fingerprint density at radius 3 is 2.76 bits per heavy atom. The second-order valence-electron chi connectivity index (χ2n) is 6.82. The smallest absolute Gasteiger partial charge is 0.0704 e. The van der Waals surface area contributed by atoms with Gasteiger partial charge in [-0.15, -0.1) is 0 Å². The van der Waals surface area contributed by atoms with Crippen LogP contribution in [0.1, 0.15) is 37.7 Å². The molecule has 0 radical (unpaired) electrons. The van der Waals surface area contributed by atoms with Crippen LogP contribution in [0.4, 0.5) is 0 Å². The van der Waals surface area contributed by atoms with Gasteiger partial charge in [-0.3, -0.25) is 4.98 Å². The summed E-state index contributed by atoms with van der Waals surface area (Å²) in [6.45, 7) is 1.23. The number of para-hydroxylation sites is 1. The van der Waals surface area contributed by atoms with E-state index in [1.165, 1.54) is 56.0 Å². The number of rotatable bonds is 5. The minimum Gasteiger partial charge on any atom is -0.314 e. The maximum Gasteiger partial charge on any atom is 0.0704 e. The van der Waals surface area contributed by atoms with E-state index in [9.17, 15) is 0 Å². The maximum atomic E-state index is 4.49. The molecule has 2 fully saturated rings.